The molecule has 0 bridgehead atoms. The highest BCUT2D eigenvalue weighted by Gasteiger charge is 2.31. The van der Waals surface area contributed by atoms with Gasteiger partial charge in [-0.2, -0.15) is 0 Å². The first-order valence-corrected chi connectivity index (χ1v) is 8.18. The van der Waals surface area contributed by atoms with Crippen LogP contribution in [-0.4, -0.2) is 14.0 Å². The summed E-state index contributed by atoms with van der Waals surface area (Å²) in [5, 5.41) is 0. The molecule has 5 heteroatoms. The van der Waals surface area contributed by atoms with Crippen molar-refractivity contribution in [3.63, 3.8) is 0 Å². The Hall–Kier alpha value is -1.07. The van der Waals surface area contributed by atoms with E-state index in [1.807, 2.05) is 20.8 Å². The molecule has 0 aliphatic rings. The summed E-state index contributed by atoms with van der Waals surface area (Å²) in [5.41, 5.74) is 6.48. The highest BCUT2D eigenvalue weighted by Crippen LogP contribution is 2.25. The van der Waals surface area contributed by atoms with Crippen molar-refractivity contribution in [3.8, 4) is 0 Å². The number of hydrogen-bond donors (Lipinski definition) is 2. The van der Waals surface area contributed by atoms with Crippen LogP contribution in [0.2, 0.25) is 0 Å². The Balaban J connectivity index is 3.21. The van der Waals surface area contributed by atoms with Gasteiger partial charge in [0.1, 0.15) is 0 Å². The summed E-state index contributed by atoms with van der Waals surface area (Å²) in [6.45, 7) is 7.78. The van der Waals surface area contributed by atoms with E-state index in [1.165, 1.54) is 6.07 Å². The molecule has 0 radical (unpaired) electrons. The SMILES string of the molecule is CCC(CC)(CC)NS(=O)(=O)c1cc(N)ccc1C. The molecule has 0 amide bonds. The normalized spacial score (nSPS) is 12.6. The fourth-order valence-electron chi connectivity index (χ4n) is 2.21. The summed E-state index contributed by atoms with van der Waals surface area (Å²) < 4.78 is 27.9. The highest BCUT2D eigenvalue weighted by atomic mass is 32.2. The van der Waals surface area contributed by atoms with Gasteiger partial charge in [-0.1, -0.05) is 26.8 Å². The van der Waals surface area contributed by atoms with Crippen molar-refractivity contribution in [3.05, 3.63) is 23.8 Å². The van der Waals surface area contributed by atoms with Crippen LogP contribution in [0.1, 0.15) is 45.6 Å². The first-order chi connectivity index (χ1) is 8.80. The van der Waals surface area contributed by atoms with Crippen molar-refractivity contribution in [2.24, 2.45) is 0 Å². The lowest BCUT2D eigenvalue weighted by molar-refractivity contribution is 0.341. The monoisotopic (exact) mass is 284 g/mol. The molecule has 3 N–H and O–H groups in total. The van der Waals surface area contributed by atoms with Crippen LogP contribution in [0.3, 0.4) is 0 Å². The summed E-state index contributed by atoms with van der Waals surface area (Å²) in [6, 6.07) is 4.96. The zero-order valence-electron chi connectivity index (χ0n) is 12.2. The van der Waals surface area contributed by atoms with E-state index in [0.717, 1.165) is 19.3 Å². The van der Waals surface area contributed by atoms with Gasteiger partial charge in [0.25, 0.3) is 0 Å². The molecule has 0 saturated carbocycles. The fraction of sp³-hybridized carbons (Fsp3) is 0.571. The molecular weight excluding hydrogens is 260 g/mol. The predicted octanol–water partition coefficient (Wildman–Crippen LogP) is 2.82. The maximum Gasteiger partial charge on any atom is 0.241 e. The average Bonchev–Trinajstić information content (AvgIpc) is 2.39. The van der Waals surface area contributed by atoms with Gasteiger partial charge < -0.3 is 5.73 Å². The third kappa shape index (κ3) is 3.48. The van der Waals surface area contributed by atoms with Gasteiger partial charge in [0.05, 0.1) is 4.90 Å². The molecule has 0 aliphatic heterocycles. The van der Waals surface area contributed by atoms with Crippen molar-refractivity contribution in [1.29, 1.82) is 0 Å². The lowest BCUT2D eigenvalue weighted by atomic mass is 9.91. The summed E-state index contributed by atoms with van der Waals surface area (Å²) in [7, 11) is -3.54. The predicted molar refractivity (Wildman–Crippen MR) is 79.5 cm³/mol. The number of sulfonamides is 1. The zero-order chi connectivity index (χ0) is 14.7. The first kappa shape index (κ1) is 16.0. The van der Waals surface area contributed by atoms with Gasteiger partial charge in [-0.05, 0) is 43.9 Å². The number of anilines is 1. The summed E-state index contributed by atoms with van der Waals surface area (Å²) in [4.78, 5) is 0.271. The lowest BCUT2D eigenvalue weighted by Crippen LogP contribution is -2.47. The van der Waals surface area contributed by atoms with Crippen LogP contribution in [0.5, 0.6) is 0 Å². The van der Waals surface area contributed by atoms with E-state index < -0.39 is 10.0 Å². The Kier molecular flexibility index (Phi) is 4.98. The van der Waals surface area contributed by atoms with Gasteiger partial charge in [-0.25, -0.2) is 13.1 Å². The highest BCUT2D eigenvalue weighted by molar-refractivity contribution is 7.89. The van der Waals surface area contributed by atoms with Crippen LogP contribution < -0.4 is 10.5 Å². The van der Waals surface area contributed by atoms with Crippen molar-refractivity contribution >= 4 is 15.7 Å². The number of hydrogen-bond acceptors (Lipinski definition) is 3. The lowest BCUT2D eigenvalue weighted by Gasteiger charge is -2.31. The van der Waals surface area contributed by atoms with Gasteiger partial charge in [-0.15, -0.1) is 0 Å². The molecule has 1 aromatic rings. The smallest absolute Gasteiger partial charge is 0.241 e. The quantitative estimate of drug-likeness (QED) is 0.789. The molecule has 0 aliphatic carbocycles. The van der Waals surface area contributed by atoms with Crippen LogP contribution in [0.15, 0.2) is 23.1 Å². The third-order valence-corrected chi connectivity index (χ3v) is 5.60. The fourth-order valence-corrected chi connectivity index (χ4v) is 4.11. The molecule has 1 aromatic carbocycles. The van der Waals surface area contributed by atoms with E-state index in [1.54, 1.807) is 19.1 Å². The Labute approximate surface area is 116 Å². The van der Waals surface area contributed by atoms with Crippen LogP contribution in [0, 0.1) is 6.92 Å². The summed E-state index contributed by atoms with van der Waals surface area (Å²) in [6.07, 6.45) is 2.29. The van der Waals surface area contributed by atoms with E-state index >= 15 is 0 Å². The molecule has 4 nitrogen and oxygen atoms in total. The topological polar surface area (TPSA) is 72.2 Å². The van der Waals surface area contributed by atoms with Crippen molar-refractivity contribution in [2.45, 2.75) is 57.4 Å². The Morgan fingerprint density at radius 3 is 2.16 bits per heavy atom. The number of nitrogens with one attached hydrogen (secondary N) is 1. The van der Waals surface area contributed by atoms with E-state index in [4.69, 9.17) is 5.73 Å². The second kappa shape index (κ2) is 5.92. The molecule has 19 heavy (non-hydrogen) atoms. The molecule has 1 rings (SSSR count). The molecule has 0 saturated heterocycles. The van der Waals surface area contributed by atoms with E-state index in [2.05, 4.69) is 4.72 Å². The van der Waals surface area contributed by atoms with Gasteiger partial charge in [0, 0.05) is 11.2 Å². The Bertz CT molecular complexity index is 526. The number of benzene rings is 1. The molecule has 0 atom stereocenters. The van der Waals surface area contributed by atoms with E-state index in [9.17, 15) is 8.42 Å². The second-order valence-corrected chi connectivity index (χ2v) is 6.62. The number of aryl methyl sites for hydroxylation is 1. The molecule has 0 spiro atoms. The maximum atomic E-state index is 12.5. The van der Waals surface area contributed by atoms with Gasteiger partial charge in [0.15, 0.2) is 0 Å². The summed E-state index contributed by atoms with van der Waals surface area (Å²) in [5.74, 6) is 0. The Morgan fingerprint density at radius 1 is 1.16 bits per heavy atom. The minimum Gasteiger partial charge on any atom is -0.399 e. The van der Waals surface area contributed by atoms with Crippen LogP contribution >= 0.6 is 0 Å². The van der Waals surface area contributed by atoms with E-state index in [-0.39, 0.29) is 10.4 Å². The zero-order valence-corrected chi connectivity index (χ0v) is 13.0. The number of nitrogen functional groups attached to an aromatic ring is 1. The Morgan fingerprint density at radius 2 is 1.68 bits per heavy atom. The average molecular weight is 284 g/mol. The van der Waals surface area contributed by atoms with Gasteiger partial charge in [-0.3, -0.25) is 0 Å². The summed E-state index contributed by atoms with van der Waals surface area (Å²) >= 11 is 0. The second-order valence-electron chi connectivity index (χ2n) is 4.97. The third-order valence-electron chi connectivity index (χ3n) is 3.88. The van der Waals surface area contributed by atoms with Crippen molar-refractivity contribution in [2.75, 3.05) is 5.73 Å². The largest absolute Gasteiger partial charge is 0.399 e. The van der Waals surface area contributed by atoms with Crippen molar-refractivity contribution in [1.82, 2.24) is 4.72 Å². The maximum absolute atomic E-state index is 12.5. The molecular formula is C14H24N2O2S. The molecule has 0 fully saturated rings. The minimum atomic E-state index is -3.54. The molecule has 0 heterocycles. The van der Waals surface area contributed by atoms with E-state index in [0.29, 0.717) is 11.3 Å². The van der Waals surface area contributed by atoms with Gasteiger partial charge in [0.2, 0.25) is 10.0 Å². The standard InChI is InChI=1S/C14H24N2O2S/c1-5-14(6-2,7-3)16-19(17,18)13-10-12(15)9-8-11(13)4/h8-10,16H,5-7,15H2,1-4H3. The molecule has 108 valence electrons. The number of rotatable bonds is 6. The van der Waals surface area contributed by atoms with Crippen LogP contribution in [0.25, 0.3) is 0 Å². The van der Waals surface area contributed by atoms with Crippen LogP contribution in [0.4, 0.5) is 5.69 Å². The number of nitrogens with two attached hydrogens (primary N) is 1. The minimum absolute atomic E-state index is 0.271. The van der Waals surface area contributed by atoms with Crippen molar-refractivity contribution < 1.29 is 8.42 Å². The van der Waals surface area contributed by atoms with Crippen LogP contribution in [-0.2, 0) is 10.0 Å². The van der Waals surface area contributed by atoms with Gasteiger partial charge >= 0.3 is 0 Å². The molecule has 0 unspecified atom stereocenters. The first-order valence-electron chi connectivity index (χ1n) is 6.70. The molecule has 0 aromatic heterocycles.